The second kappa shape index (κ2) is 6.03. The molecule has 0 aliphatic carbocycles. The standard InChI is InChI=1S/C11H19N5O/c1-5-16(8-10(17)15(3)4)9-6-7-13-11(12-2)14-9/h6-7H,5,8H2,1-4H3,(H,12,13,14). The van der Waals surface area contributed by atoms with Crippen LogP contribution in [0.2, 0.25) is 0 Å². The summed E-state index contributed by atoms with van der Waals surface area (Å²) in [7, 11) is 5.25. The topological polar surface area (TPSA) is 61.4 Å². The Labute approximate surface area is 102 Å². The van der Waals surface area contributed by atoms with Gasteiger partial charge < -0.3 is 15.1 Å². The maximum Gasteiger partial charge on any atom is 0.241 e. The summed E-state index contributed by atoms with van der Waals surface area (Å²) in [4.78, 5) is 23.5. The molecule has 0 atom stereocenters. The molecular formula is C11H19N5O. The van der Waals surface area contributed by atoms with Crippen LogP contribution < -0.4 is 10.2 Å². The molecule has 0 aliphatic heterocycles. The van der Waals surface area contributed by atoms with Crippen LogP contribution in [-0.2, 0) is 4.79 Å². The molecule has 1 aromatic heterocycles. The monoisotopic (exact) mass is 237 g/mol. The van der Waals surface area contributed by atoms with Gasteiger partial charge in [0.05, 0.1) is 6.54 Å². The first kappa shape index (κ1) is 13.2. The number of aromatic nitrogens is 2. The Morgan fingerprint density at radius 3 is 2.71 bits per heavy atom. The van der Waals surface area contributed by atoms with E-state index in [9.17, 15) is 4.79 Å². The van der Waals surface area contributed by atoms with E-state index in [4.69, 9.17) is 0 Å². The first-order valence-corrected chi connectivity index (χ1v) is 5.54. The fourth-order valence-electron chi connectivity index (χ4n) is 1.31. The third-order valence-electron chi connectivity index (χ3n) is 2.40. The molecule has 1 rings (SSSR count). The normalized spacial score (nSPS) is 9.88. The fraction of sp³-hybridized carbons (Fsp3) is 0.545. The zero-order valence-corrected chi connectivity index (χ0v) is 10.8. The maximum absolute atomic E-state index is 11.7. The molecule has 6 nitrogen and oxygen atoms in total. The second-order valence-electron chi connectivity index (χ2n) is 3.79. The van der Waals surface area contributed by atoms with Crippen molar-refractivity contribution < 1.29 is 4.79 Å². The van der Waals surface area contributed by atoms with Gasteiger partial charge in [-0.25, -0.2) is 4.98 Å². The van der Waals surface area contributed by atoms with Gasteiger partial charge in [-0.2, -0.15) is 4.98 Å². The van der Waals surface area contributed by atoms with E-state index in [2.05, 4.69) is 15.3 Å². The van der Waals surface area contributed by atoms with Crippen molar-refractivity contribution in [3.05, 3.63) is 12.3 Å². The van der Waals surface area contributed by atoms with Gasteiger partial charge >= 0.3 is 0 Å². The quantitative estimate of drug-likeness (QED) is 0.805. The van der Waals surface area contributed by atoms with Gasteiger partial charge in [-0.15, -0.1) is 0 Å². The number of nitrogens with one attached hydrogen (secondary N) is 1. The Hall–Kier alpha value is -1.85. The van der Waals surface area contributed by atoms with E-state index in [-0.39, 0.29) is 5.91 Å². The second-order valence-corrected chi connectivity index (χ2v) is 3.79. The molecule has 0 saturated heterocycles. The van der Waals surface area contributed by atoms with Crippen LogP contribution in [0.4, 0.5) is 11.8 Å². The highest BCUT2D eigenvalue weighted by Gasteiger charge is 2.12. The highest BCUT2D eigenvalue weighted by Crippen LogP contribution is 2.11. The van der Waals surface area contributed by atoms with Gasteiger partial charge in [-0.3, -0.25) is 4.79 Å². The van der Waals surface area contributed by atoms with Crippen molar-refractivity contribution in [2.75, 3.05) is 44.4 Å². The third kappa shape index (κ3) is 3.58. The SMILES string of the molecule is CCN(CC(=O)N(C)C)c1ccnc(NC)n1. The summed E-state index contributed by atoms with van der Waals surface area (Å²) >= 11 is 0. The zero-order valence-electron chi connectivity index (χ0n) is 10.8. The number of amides is 1. The predicted molar refractivity (Wildman–Crippen MR) is 68.2 cm³/mol. The third-order valence-corrected chi connectivity index (χ3v) is 2.40. The highest BCUT2D eigenvalue weighted by molar-refractivity contribution is 5.80. The molecule has 0 aromatic carbocycles. The molecule has 1 N–H and O–H groups in total. The molecule has 17 heavy (non-hydrogen) atoms. The number of nitrogens with zero attached hydrogens (tertiary/aromatic N) is 4. The van der Waals surface area contributed by atoms with Gasteiger partial charge in [0.25, 0.3) is 0 Å². The summed E-state index contributed by atoms with van der Waals surface area (Å²) in [5.74, 6) is 1.36. The number of carbonyl (C=O) groups is 1. The van der Waals surface area contributed by atoms with Crippen molar-refractivity contribution in [2.24, 2.45) is 0 Å². The lowest BCUT2D eigenvalue weighted by Gasteiger charge is -2.23. The molecule has 0 aliphatic rings. The minimum Gasteiger partial charge on any atom is -0.357 e. The molecule has 1 amide bonds. The summed E-state index contributed by atoms with van der Waals surface area (Å²) < 4.78 is 0. The van der Waals surface area contributed by atoms with E-state index in [1.165, 1.54) is 0 Å². The Morgan fingerprint density at radius 2 is 2.18 bits per heavy atom. The number of hydrogen-bond acceptors (Lipinski definition) is 5. The molecule has 0 bridgehead atoms. The van der Waals surface area contributed by atoms with Crippen LogP contribution in [0.1, 0.15) is 6.92 Å². The minimum atomic E-state index is 0.0523. The molecule has 6 heteroatoms. The van der Waals surface area contributed by atoms with Crippen molar-refractivity contribution in [1.82, 2.24) is 14.9 Å². The van der Waals surface area contributed by atoms with Crippen LogP contribution in [0.5, 0.6) is 0 Å². The molecular weight excluding hydrogens is 218 g/mol. The van der Waals surface area contributed by atoms with E-state index < -0.39 is 0 Å². The molecule has 0 spiro atoms. The smallest absolute Gasteiger partial charge is 0.241 e. The summed E-state index contributed by atoms with van der Waals surface area (Å²) in [6.45, 7) is 3.04. The average Bonchev–Trinajstić information content (AvgIpc) is 2.35. The predicted octanol–water partition coefficient (Wildman–Crippen LogP) is 0.433. The van der Waals surface area contributed by atoms with Gasteiger partial charge in [0.1, 0.15) is 5.82 Å². The van der Waals surface area contributed by atoms with Crippen molar-refractivity contribution in [3.8, 4) is 0 Å². The van der Waals surface area contributed by atoms with Crippen molar-refractivity contribution in [2.45, 2.75) is 6.92 Å². The number of likely N-dealkylation sites (N-methyl/N-ethyl adjacent to an activating group) is 2. The maximum atomic E-state index is 11.7. The molecule has 0 saturated carbocycles. The fourth-order valence-corrected chi connectivity index (χ4v) is 1.31. The Bertz CT molecular complexity index is 380. The van der Waals surface area contributed by atoms with Gasteiger partial charge in [0.15, 0.2) is 0 Å². The van der Waals surface area contributed by atoms with Gasteiger partial charge in [-0.1, -0.05) is 0 Å². The summed E-state index contributed by atoms with van der Waals surface area (Å²) in [5.41, 5.74) is 0. The Kier molecular flexibility index (Phi) is 4.68. The van der Waals surface area contributed by atoms with E-state index in [0.29, 0.717) is 12.5 Å². The highest BCUT2D eigenvalue weighted by atomic mass is 16.2. The van der Waals surface area contributed by atoms with Crippen molar-refractivity contribution in [3.63, 3.8) is 0 Å². The van der Waals surface area contributed by atoms with Crippen LogP contribution in [0, 0.1) is 0 Å². The molecule has 0 radical (unpaired) electrons. The molecule has 0 fully saturated rings. The number of carbonyl (C=O) groups excluding carboxylic acids is 1. The van der Waals surface area contributed by atoms with Crippen LogP contribution in [0.15, 0.2) is 12.3 Å². The number of anilines is 2. The van der Waals surface area contributed by atoms with E-state index in [1.807, 2.05) is 11.8 Å². The lowest BCUT2D eigenvalue weighted by Crippen LogP contribution is -2.37. The summed E-state index contributed by atoms with van der Waals surface area (Å²) in [5, 5.41) is 2.88. The number of rotatable bonds is 5. The summed E-state index contributed by atoms with van der Waals surface area (Å²) in [6.07, 6.45) is 1.68. The first-order chi connectivity index (χ1) is 8.08. The first-order valence-electron chi connectivity index (χ1n) is 5.54. The van der Waals surface area contributed by atoms with Crippen LogP contribution in [-0.4, -0.2) is 55.0 Å². The number of hydrogen-bond donors (Lipinski definition) is 1. The van der Waals surface area contributed by atoms with E-state index in [0.717, 1.165) is 12.4 Å². The minimum absolute atomic E-state index is 0.0523. The lowest BCUT2D eigenvalue weighted by atomic mass is 10.4. The van der Waals surface area contributed by atoms with Crippen LogP contribution in [0.25, 0.3) is 0 Å². The molecule has 0 unspecified atom stereocenters. The molecule has 94 valence electrons. The van der Waals surface area contributed by atoms with E-state index in [1.54, 1.807) is 38.3 Å². The van der Waals surface area contributed by atoms with Gasteiger partial charge in [-0.05, 0) is 13.0 Å². The van der Waals surface area contributed by atoms with Crippen molar-refractivity contribution >= 4 is 17.7 Å². The van der Waals surface area contributed by atoms with Gasteiger partial charge in [0, 0.05) is 33.9 Å². The molecule has 1 heterocycles. The summed E-state index contributed by atoms with van der Waals surface area (Å²) in [6, 6.07) is 1.80. The van der Waals surface area contributed by atoms with Crippen LogP contribution >= 0.6 is 0 Å². The van der Waals surface area contributed by atoms with Crippen LogP contribution in [0.3, 0.4) is 0 Å². The zero-order chi connectivity index (χ0) is 12.8. The van der Waals surface area contributed by atoms with Gasteiger partial charge in [0.2, 0.25) is 11.9 Å². The molecule has 1 aromatic rings. The largest absolute Gasteiger partial charge is 0.357 e. The average molecular weight is 237 g/mol. The Balaban J connectivity index is 2.82. The van der Waals surface area contributed by atoms with E-state index >= 15 is 0 Å². The van der Waals surface area contributed by atoms with Crippen molar-refractivity contribution in [1.29, 1.82) is 0 Å². The Morgan fingerprint density at radius 1 is 1.47 bits per heavy atom. The lowest BCUT2D eigenvalue weighted by molar-refractivity contribution is -0.127.